The van der Waals surface area contributed by atoms with Crippen LogP contribution in [-0.4, -0.2) is 60.0 Å². The van der Waals surface area contributed by atoms with E-state index in [-0.39, 0.29) is 42.6 Å². The fourth-order valence-electron chi connectivity index (χ4n) is 3.50. The van der Waals surface area contributed by atoms with Gasteiger partial charge in [0.05, 0.1) is 24.2 Å². The molecule has 31 heavy (non-hydrogen) atoms. The van der Waals surface area contributed by atoms with Crippen LogP contribution in [0.5, 0.6) is 0 Å². The fourth-order valence-corrected chi connectivity index (χ4v) is 3.50. The number of carbonyl (C=O) groups excluding carboxylic acids is 4. The van der Waals surface area contributed by atoms with Gasteiger partial charge in [0.15, 0.2) is 0 Å². The van der Waals surface area contributed by atoms with Crippen molar-refractivity contribution >= 4 is 23.7 Å². The summed E-state index contributed by atoms with van der Waals surface area (Å²) >= 11 is 0. The van der Waals surface area contributed by atoms with Crippen LogP contribution in [0.2, 0.25) is 0 Å². The molecule has 2 aliphatic rings. The number of nitrogens with one attached hydrogen (secondary N) is 1. The third-order valence-corrected chi connectivity index (χ3v) is 4.78. The smallest absolute Gasteiger partial charge is 0.308 e. The van der Waals surface area contributed by atoms with Gasteiger partial charge in [-0.2, -0.15) is 0 Å². The van der Waals surface area contributed by atoms with E-state index in [1.54, 1.807) is 39.0 Å². The fraction of sp³-hybridized carbons (Fsp3) is 0.478. The number of esters is 1. The highest BCUT2D eigenvalue weighted by atomic mass is 16.6. The largest absolute Gasteiger partial charge is 0.460 e. The second-order valence-electron chi connectivity index (χ2n) is 8.35. The normalized spacial score (nSPS) is 18.2. The molecule has 1 aromatic rings. The highest BCUT2D eigenvalue weighted by Gasteiger charge is 2.44. The molecule has 1 N–H and O–H groups in total. The standard InChI is InChI=1S/C23H26N2O6/c1-23(2,3)31-18(26)11-14-30-13-6-8-15-7-4-9-16-19(15)22(29)25(21(16)28)17-10-5-12-24-20(17)27/h4,7,9,17H,5,10-14H2,1-3H3,(H,24,27). The van der Waals surface area contributed by atoms with Gasteiger partial charge >= 0.3 is 5.97 Å². The van der Waals surface area contributed by atoms with Crippen LogP contribution in [-0.2, 0) is 19.1 Å². The van der Waals surface area contributed by atoms with Crippen LogP contribution >= 0.6 is 0 Å². The van der Waals surface area contributed by atoms with Crippen LogP contribution in [0.4, 0.5) is 0 Å². The zero-order valence-corrected chi connectivity index (χ0v) is 17.9. The van der Waals surface area contributed by atoms with E-state index in [4.69, 9.17) is 9.47 Å². The Kier molecular flexibility index (Phi) is 6.76. The van der Waals surface area contributed by atoms with Gasteiger partial charge in [-0.15, -0.1) is 0 Å². The molecule has 1 atom stereocenters. The van der Waals surface area contributed by atoms with Crippen LogP contribution in [0, 0.1) is 11.8 Å². The maximum Gasteiger partial charge on any atom is 0.308 e. The number of fused-ring (bicyclic) bond motifs is 1. The van der Waals surface area contributed by atoms with Gasteiger partial charge in [0.1, 0.15) is 18.2 Å². The van der Waals surface area contributed by atoms with Crippen LogP contribution in [0.3, 0.4) is 0 Å². The van der Waals surface area contributed by atoms with E-state index in [0.29, 0.717) is 24.9 Å². The van der Waals surface area contributed by atoms with Crippen LogP contribution in [0.1, 0.15) is 66.3 Å². The van der Waals surface area contributed by atoms with E-state index in [9.17, 15) is 19.2 Å². The lowest BCUT2D eigenvalue weighted by Crippen LogP contribution is -2.52. The van der Waals surface area contributed by atoms with Gasteiger partial charge in [0, 0.05) is 12.1 Å². The number of amides is 3. The lowest BCUT2D eigenvalue weighted by molar-refractivity contribution is -0.155. The summed E-state index contributed by atoms with van der Waals surface area (Å²) in [6, 6.07) is 4.08. The first-order valence-electron chi connectivity index (χ1n) is 10.3. The van der Waals surface area contributed by atoms with Crippen LogP contribution < -0.4 is 5.32 Å². The number of nitrogens with zero attached hydrogens (tertiary/aromatic N) is 1. The van der Waals surface area contributed by atoms with Crippen molar-refractivity contribution in [2.24, 2.45) is 0 Å². The predicted octanol–water partition coefficient (Wildman–Crippen LogP) is 1.66. The summed E-state index contributed by atoms with van der Waals surface area (Å²) in [7, 11) is 0. The van der Waals surface area contributed by atoms with E-state index < -0.39 is 23.5 Å². The van der Waals surface area contributed by atoms with E-state index in [2.05, 4.69) is 17.2 Å². The van der Waals surface area contributed by atoms with Crippen molar-refractivity contribution in [2.45, 2.75) is 51.7 Å². The zero-order chi connectivity index (χ0) is 22.6. The Morgan fingerprint density at radius 3 is 2.71 bits per heavy atom. The molecule has 0 radical (unpaired) electrons. The summed E-state index contributed by atoms with van der Waals surface area (Å²) in [4.78, 5) is 50.6. The molecule has 1 fully saturated rings. The van der Waals surface area contributed by atoms with Crippen molar-refractivity contribution in [1.82, 2.24) is 10.2 Å². The average Bonchev–Trinajstić information content (AvgIpc) is 2.95. The summed E-state index contributed by atoms with van der Waals surface area (Å²) in [5.74, 6) is 4.03. The number of ether oxygens (including phenoxy) is 2. The Bertz CT molecular complexity index is 967. The minimum Gasteiger partial charge on any atom is -0.460 e. The minimum atomic E-state index is -0.793. The first kappa shape index (κ1) is 22.5. The van der Waals surface area contributed by atoms with Crippen LogP contribution in [0.15, 0.2) is 18.2 Å². The number of imide groups is 1. The van der Waals surface area contributed by atoms with Gasteiger partial charge in [-0.1, -0.05) is 17.9 Å². The molecule has 0 saturated carbocycles. The molecule has 8 heteroatoms. The number of carbonyl (C=O) groups is 4. The molecule has 0 bridgehead atoms. The molecule has 2 aliphatic heterocycles. The number of benzene rings is 1. The quantitative estimate of drug-likeness (QED) is 0.333. The van der Waals surface area contributed by atoms with E-state index >= 15 is 0 Å². The topological polar surface area (TPSA) is 102 Å². The molecule has 1 saturated heterocycles. The Balaban J connectivity index is 1.63. The Morgan fingerprint density at radius 2 is 2.00 bits per heavy atom. The van der Waals surface area contributed by atoms with Crippen molar-refractivity contribution < 1.29 is 28.7 Å². The lowest BCUT2D eigenvalue weighted by Gasteiger charge is -2.28. The second kappa shape index (κ2) is 9.31. The molecule has 1 unspecified atom stereocenters. The summed E-state index contributed by atoms with van der Waals surface area (Å²) in [5, 5.41) is 2.70. The molecule has 2 heterocycles. The number of piperidine rings is 1. The molecule has 164 valence electrons. The maximum absolute atomic E-state index is 13.0. The molecule has 0 aromatic heterocycles. The minimum absolute atomic E-state index is 0.0589. The Hall–Kier alpha value is -3.18. The van der Waals surface area contributed by atoms with Crippen molar-refractivity contribution in [3.05, 3.63) is 34.9 Å². The molecule has 3 rings (SSSR count). The molecule has 1 aromatic carbocycles. The van der Waals surface area contributed by atoms with Crippen molar-refractivity contribution in [2.75, 3.05) is 19.8 Å². The molecule has 8 nitrogen and oxygen atoms in total. The first-order chi connectivity index (χ1) is 14.7. The van der Waals surface area contributed by atoms with Gasteiger partial charge in [-0.3, -0.25) is 24.1 Å². The summed E-state index contributed by atoms with van der Waals surface area (Å²) in [6.45, 7) is 6.15. The van der Waals surface area contributed by atoms with Gasteiger partial charge < -0.3 is 14.8 Å². The number of rotatable bonds is 5. The molecule has 0 aliphatic carbocycles. The Labute approximate surface area is 181 Å². The van der Waals surface area contributed by atoms with Crippen LogP contribution in [0.25, 0.3) is 0 Å². The average molecular weight is 426 g/mol. The maximum atomic E-state index is 13.0. The van der Waals surface area contributed by atoms with Gasteiger partial charge in [-0.25, -0.2) is 0 Å². The summed E-state index contributed by atoms with van der Waals surface area (Å²) < 4.78 is 10.5. The Morgan fingerprint density at radius 1 is 1.23 bits per heavy atom. The van der Waals surface area contributed by atoms with Crippen molar-refractivity contribution in [1.29, 1.82) is 0 Å². The SMILES string of the molecule is CC(C)(C)OC(=O)CCOCC#Cc1cccc2c1C(=O)N(C1CCCNC1=O)C2=O. The third kappa shape index (κ3) is 5.30. The third-order valence-electron chi connectivity index (χ3n) is 4.78. The van der Waals surface area contributed by atoms with Gasteiger partial charge in [0.25, 0.3) is 11.8 Å². The molecule has 3 amide bonds. The number of hydrogen-bond acceptors (Lipinski definition) is 6. The van der Waals surface area contributed by atoms with E-state index in [1.165, 1.54) is 0 Å². The van der Waals surface area contributed by atoms with E-state index in [0.717, 1.165) is 4.90 Å². The van der Waals surface area contributed by atoms with E-state index in [1.807, 2.05) is 0 Å². The lowest BCUT2D eigenvalue weighted by atomic mass is 10.0. The van der Waals surface area contributed by atoms with Gasteiger partial charge in [-0.05, 0) is 45.7 Å². The van der Waals surface area contributed by atoms with Gasteiger partial charge in [0.2, 0.25) is 5.91 Å². The highest BCUT2D eigenvalue weighted by Crippen LogP contribution is 2.29. The zero-order valence-electron chi connectivity index (χ0n) is 17.9. The summed E-state index contributed by atoms with van der Waals surface area (Å²) in [6.07, 6.45) is 1.27. The highest BCUT2D eigenvalue weighted by molar-refractivity contribution is 6.23. The first-order valence-corrected chi connectivity index (χ1v) is 10.3. The van der Waals surface area contributed by atoms with Crippen molar-refractivity contribution in [3.8, 4) is 11.8 Å². The molecular weight excluding hydrogens is 400 g/mol. The monoisotopic (exact) mass is 426 g/mol. The predicted molar refractivity (Wildman–Crippen MR) is 111 cm³/mol. The summed E-state index contributed by atoms with van der Waals surface area (Å²) in [5.41, 5.74) is 0.333. The number of hydrogen-bond donors (Lipinski definition) is 1. The molecular formula is C23H26N2O6. The van der Waals surface area contributed by atoms with Crippen molar-refractivity contribution in [3.63, 3.8) is 0 Å². The molecule has 0 spiro atoms. The second-order valence-corrected chi connectivity index (χ2v) is 8.35.